The molecule has 0 bridgehead atoms. The molecule has 0 rings (SSSR count). The van der Waals surface area contributed by atoms with Crippen molar-refractivity contribution in [2.75, 3.05) is 38.3 Å². The van der Waals surface area contributed by atoms with E-state index in [-0.39, 0.29) is 59.3 Å². The van der Waals surface area contributed by atoms with Crippen molar-refractivity contribution in [1.82, 2.24) is 0 Å². The van der Waals surface area contributed by atoms with E-state index in [1.54, 1.807) is 0 Å². The molecule has 0 saturated heterocycles. The van der Waals surface area contributed by atoms with Crippen molar-refractivity contribution in [2.24, 2.45) is 17.8 Å². The first kappa shape index (κ1) is 57.5. The third-order valence-electron chi connectivity index (χ3n) is 8.51. The van der Waals surface area contributed by atoms with E-state index in [1.165, 1.54) is 0 Å². The SMILES string of the molecule is CCCCC(CC)COP(=O)([O-])CCCC.CCCCC(CC)COP(=O)([O-])CCCC.CCCCC(CC)COP(=O)([O-])CCCC.[Nd+3]. The fourth-order valence-electron chi connectivity index (χ4n) is 4.60. The molecule has 0 amide bonds. The predicted molar refractivity (Wildman–Crippen MR) is 200 cm³/mol. The summed E-state index contributed by atoms with van der Waals surface area (Å²) in [5.74, 6) is 1.18. The van der Waals surface area contributed by atoms with E-state index in [2.05, 4.69) is 41.5 Å². The summed E-state index contributed by atoms with van der Waals surface area (Å²) < 4.78 is 49.7. The Balaban J connectivity index is -0.000000307. The number of hydrogen-bond donors (Lipinski definition) is 0. The third kappa shape index (κ3) is 40.8. The first-order chi connectivity index (χ1) is 22.7. The van der Waals surface area contributed by atoms with E-state index < -0.39 is 22.8 Å². The molecule has 9 nitrogen and oxygen atoms in total. The second-order valence-electron chi connectivity index (χ2n) is 13.2. The molecule has 0 saturated carbocycles. The summed E-state index contributed by atoms with van der Waals surface area (Å²) in [6.07, 6.45) is 18.5. The van der Waals surface area contributed by atoms with E-state index in [9.17, 15) is 28.4 Å². The van der Waals surface area contributed by atoms with Gasteiger partial charge in [-0.25, -0.2) is 0 Å². The Morgan fingerprint density at radius 1 is 0.408 bits per heavy atom. The Labute approximate surface area is 337 Å². The third-order valence-corrected chi connectivity index (χ3v) is 12.7. The van der Waals surface area contributed by atoms with Crippen molar-refractivity contribution in [3.8, 4) is 0 Å². The van der Waals surface area contributed by atoms with E-state index >= 15 is 0 Å². The quantitative estimate of drug-likeness (QED) is 0.0643. The molecular weight excluding hydrogens is 814 g/mol. The van der Waals surface area contributed by atoms with Crippen LogP contribution >= 0.6 is 22.8 Å². The maximum atomic E-state index is 11.5. The Morgan fingerprint density at radius 2 is 0.612 bits per heavy atom. The Bertz CT molecular complexity index is 731. The van der Waals surface area contributed by atoms with E-state index in [4.69, 9.17) is 13.6 Å². The maximum Gasteiger partial charge on any atom is 3.00 e. The molecule has 0 aliphatic carbocycles. The monoisotopic (exact) mass is 889 g/mol. The van der Waals surface area contributed by atoms with Gasteiger partial charge in [-0.2, -0.15) is 0 Å². The molecule has 0 aliphatic rings. The summed E-state index contributed by atoms with van der Waals surface area (Å²) in [5.41, 5.74) is 0. The Kier molecular flexibility index (Phi) is 44.7. The van der Waals surface area contributed by atoms with Crippen molar-refractivity contribution >= 4 is 22.8 Å². The summed E-state index contributed by atoms with van der Waals surface area (Å²) in [6, 6.07) is 0. The number of rotatable bonds is 30. The fraction of sp³-hybridized carbons (Fsp3) is 1.00. The van der Waals surface area contributed by atoms with Crippen LogP contribution in [0, 0.1) is 58.6 Å². The molecular formula is C36H78NdO9P3. The van der Waals surface area contributed by atoms with Gasteiger partial charge in [0.1, 0.15) is 22.8 Å². The molecule has 0 heterocycles. The second-order valence-corrected chi connectivity index (χ2v) is 19.0. The summed E-state index contributed by atoms with van der Waals surface area (Å²) in [6.45, 7) is 19.8. The molecule has 13 heteroatoms. The van der Waals surface area contributed by atoms with E-state index in [0.717, 1.165) is 96.3 Å². The van der Waals surface area contributed by atoms with Crippen molar-refractivity contribution in [3.05, 3.63) is 0 Å². The summed E-state index contributed by atoms with van der Waals surface area (Å²) in [7, 11) is -10.7. The second kappa shape index (κ2) is 38.1. The van der Waals surface area contributed by atoms with Crippen LogP contribution in [0.25, 0.3) is 0 Å². The smallest absolute Gasteiger partial charge is 0.778 e. The molecule has 6 atom stereocenters. The fourth-order valence-corrected chi connectivity index (χ4v) is 8.41. The van der Waals surface area contributed by atoms with Crippen molar-refractivity contribution < 1.29 is 82.8 Å². The Hall–Kier alpha value is 1.80. The minimum Gasteiger partial charge on any atom is -0.778 e. The van der Waals surface area contributed by atoms with Gasteiger partial charge in [-0.1, -0.05) is 139 Å². The maximum absolute atomic E-state index is 11.5. The molecule has 0 fully saturated rings. The molecule has 295 valence electrons. The van der Waals surface area contributed by atoms with Crippen LogP contribution in [0.15, 0.2) is 0 Å². The largest absolute Gasteiger partial charge is 3.00 e. The molecule has 49 heavy (non-hydrogen) atoms. The van der Waals surface area contributed by atoms with E-state index in [1.807, 2.05) is 20.8 Å². The van der Waals surface area contributed by atoms with Crippen molar-refractivity contribution in [2.45, 2.75) is 178 Å². The van der Waals surface area contributed by atoms with Crippen LogP contribution in [0.1, 0.15) is 178 Å². The standard InChI is InChI=1S/3C12H27O3P.Nd/c3*1-4-7-9-12(6-3)11-15-16(13,14)10-8-5-2;/h3*12H,4-11H2,1-3H3,(H,13,14);/q;;;+3/p-3. The zero-order valence-corrected chi connectivity index (χ0v) is 39.1. The zero-order valence-electron chi connectivity index (χ0n) is 33.2. The van der Waals surface area contributed by atoms with Crippen molar-refractivity contribution in [3.63, 3.8) is 0 Å². The van der Waals surface area contributed by atoms with Gasteiger partial charge in [0.2, 0.25) is 0 Å². The molecule has 1 radical (unpaired) electrons. The van der Waals surface area contributed by atoms with Crippen LogP contribution < -0.4 is 14.7 Å². The van der Waals surface area contributed by atoms with E-state index in [0.29, 0.717) is 56.8 Å². The first-order valence-corrected chi connectivity index (χ1v) is 24.7. The minimum absolute atomic E-state index is 0. The molecule has 0 aliphatic heterocycles. The molecule has 0 N–H and O–H groups in total. The van der Waals surface area contributed by atoms with Gasteiger partial charge in [-0.3, -0.25) is 0 Å². The summed E-state index contributed by atoms with van der Waals surface area (Å²) in [4.78, 5) is 34.5. The van der Waals surface area contributed by atoms with Gasteiger partial charge >= 0.3 is 40.8 Å². The molecule has 0 aromatic rings. The van der Waals surface area contributed by atoms with Gasteiger partial charge in [-0.15, -0.1) is 0 Å². The molecule has 0 spiro atoms. The van der Waals surface area contributed by atoms with Crippen LogP contribution in [0.4, 0.5) is 0 Å². The van der Waals surface area contributed by atoms with Crippen LogP contribution in [0.2, 0.25) is 0 Å². The Morgan fingerprint density at radius 3 is 0.776 bits per heavy atom. The predicted octanol–water partition coefficient (Wildman–Crippen LogP) is 10.7. The van der Waals surface area contributed by atoms with Gasteiger partial charge in [0.05, 0.1) is 19.8 Å². The first-order valence-electron chi connectivity index (χ1n) is 19.5. The van der Waals surface area contributed by atoms with Crippen molar-refractivity contribution in [1.29, 1.82) is 0 Å². The van der Waals surface area contributed by atoms with Gasteiger partial charge in [0.25, 0.3) is 0 Å². The average Bonchev–Trinajstić information content (AvgIpc) is 3.06. The van der Waals surface area contributed by atoms with Crippen LogP contribution in [-0.2, 0) is 27.3 Å². The zero-order chi connectivity index (χ0) is 37.3. The van der Waals surface area contributed by atoms with Gasteiger partial charge < -0.3 is 41.9 Å². The summed E-state index contributed by atoms with van der Waals surface area (Å²) in [5, 5.41) is 0. The van der Waals surface area contributed by atoms with Gasteiger partial charge in [-0.05, 0) is 56.3 Å². The van der Waals surface area contributed by atoms with Crippen LogP contribution in [0.5, 0.6) is 0 Å². The van der Waals surface area contributed by atoms with Crippen LogP contribution in [-0.4, -0.2) is 38.3 Å². The van der Waals surface area contributed by atoms with Crippen LogP contribution in [0.3, 0.4) is 0 Å². The molecule has 6 unspecified atom stereocenters. The van der Waals surface area contributed by atoms with Gasteiger partial charge in [0, 0.05) is 18.5 Å². The molecule has 0 aromatic heterocycles. The molecule has 0 aromatic carbocycles. The minimum atomic E-state index is -3.56. The number of unbranched alkanes of at least 4 members (excludes halogenated alkanes) is 6. The topological polar surface area (TPSA) is 148 Å². The summed E-state index contributed by atoms with van der Waals surface area (Å²) >= 11 is 0. The number of hydrogen-bond acceptors (Lipinski definition) is 9. The average molecular weight is 892 g/mol. The normalized spacial score (nSPS) is 16.7. The van der Waals surface area contributed by atoms with Gasteiger partial charge in [0.15, 0.2) is 0 Å².